The fraction of sp³-hybridized carbons (Fsp3) is 0.562. The zero-order valence-electron chi connectivity index (χ0n) is 11.8. The van der Waals surface area contributed by atoms with Gasteiger partial charge in [0.15, 0.2) is 0 Å². The van der Waals surface area contributed by atoms with Crippen LogP contribution in [0.25, 0.3) is 0 Å². The van der Waals surface area contributed by atoms with Gasteiger partial charge in [0, 0.05) is 24.9 Å². The molecule has 4 heteroatoms. The number of ether oxygens (including phenoxy) is 1. The van der Waals surface area contributed by atoms with Crippen LogP contribution in [-0.4, -0.2) is 43.2 Å². The molecule has 1 aromatic carbocycles. The first-order valence-electron chi connectivity index (χ1n) is 7.48. The van der Waals surface area contributed by atoms with Crippen molar-refractivity contribution in [3.63, 3.8) is 0 Å². The van der Waals surface area contributed by atoms with Gasteiger partial charge in [-0.25, -0.2) is 0 Å². The number of nitrogens with one attached hydrogen (secondary N) is 1. The van der Waals surface area contributed by atoms with E-state index in [2.05, 4.69) is 10.2 Å². The number of anilines is 1. The lowest BCUT2D eigenvalue weighted by Gasteiger charge is -2.24. The Morgan fingerprint density at radius 3 is 2.70 bits per heavy atom. The molecule has 1 aromatic rings. The molecule has 0 unspecified atom stereocenters. The van der Waals surface area contributed by atoms with Gasteiger partial charge in [-0.15, -0.1) is 0 Å². The molecule has 0 radical (unpaired) electrons. The number of carbonyl (C=O) groups is 1. The van der Waals surface area contributed by atoms with Crippen LogP contribution in [0.3, 0.4) is 0 Å². The zero-order valence-corrected chi connectivity index (χ0v) is 11.8. The van der Waals surface area contributed by atoms with Crippen LogP contribution in [0.1, 0.15) is 19.3 Å². The summed E-state index contributed by atoms with van der Waals surface area (Å²) >= 11 is 0. The lowest BCUT2D eigenvalue weighted by molar-refractivity contribution is -0.117. The molecule has 3 rings (SSSR count). The first-order valence-corrected chi connectivity index (χ1v) is 7.48. The number of amides is 1. The van der Waals surface area contributed by atoms with Crippen molar-refractivity contribution in [2.45, 2.75) is 25.3 Å². The van der Waals surface area contributed by atoms with E-state index in [1.165, 1.54) is 12.8 Å². The summed E-state index contributed by atoms with van der Waals surface area (Å²) in [6.07, 6.45) is 3.59. The molecule has 1 amide bonds. The Kier molecular flexibility index (Phi) is 4.33. The molecule has 1 aliphatic heterocycles. The normalized spacial score (nSPS) is 22.1. The predicted molar refractivity (Wildman–Crippen MR) is 78.6 cm³/mol. The summed E-state index contributed by atoms with van der Waals surface area (Å²) in [6.45, 7) is 3.21. The molecule has 1 N–H and O–H groups in total. The largest absolute Gasteiger partial charge is 0.381 e. The second-order valence-corrected chi connectivity index (χ2v) is 5.80. The molecule has 0 spiro atoms. The van der Waals surface area contributed by atoms with Crippen LogP contribution < -0.4 is 5.32 Å². The van der Waals surface area contributed by atoms with Crippen molar-refractivity contribution in [1.82, 2.24) is 4.90 Å². The number of rotatable bonds is 6. The van der Waals surface area contributed by atoms with Crippen molar-refractivity contribution < 1.29 is 9.53 Å². The summed E-state index contributed by atoms with van der Waals surface area (Å²) in [5.74, 6) is 0.683. The summed E-state index contributed by atoms with van der Waals surface area (Å²) in [7, 11) is 0. The number of hydrogen-bond acceptors (Lipinski definition) is 3. The SMILES string of the molecule is O=C(CN(C[C@@H]1CCOC1)C1CC1)Nc1ccccc1. The van der Waals surface area contributed by atoms with Crippen LogP contribution in [0, 0.1) is 5.92 Å². The molecule has 2 aliphatic rings. The minimum Gasteiger partial charge on any atom is -0.381 e. The molecule has 1 saturated heterocycles. The van der Waals surface area contributed by atoms with Gasteiger partial charge >= 0.3 is 0 Å². The van der Waals surface area contributed by atoms with Crippen LogP contribution in [0.4, 0.5) is 5.69 Å². The van der Waals surface area contributed by atoms with Gasteiger partial charge in [0.2, 0.25) is 5.91 Å². The first-order chi connectivity index (χ1) is 9.81. The van der Waals surface area contributed by atoms with Crippen molar-refractivity contribution in [3.05, 3.63) is 30.3 Å². The third-order valence-electron chi connectivity index (χ3n) is 3.98. The number of benzene rings is 1. The standard InChI is InChI=1S/C16H22N2O2/c19-16(17-14-4-2-1-3-5-14)11-18(15-6-7-15)10-13-8-9-20-12-13/h1-5,13,15H,6-12H2,(H,17,19)/t13-/m0/s1. The summed E-state index contributed by atoms with van der Waals surface area (Å²) in [5, 5.41) is 2.97. The monoisotopic (exact) mass is 274 g/mol. The number of carbonyl (C=O) groups excluding carboxylic acids is 1. The highest BCUT2D eigenvalue weighted by Gasteiger charge is 2.32. The fourth-order valence-corrected chi connectivity index (χ4v) is 2.75. The van der Waals surface area contributed by atoms with Gasteiger partial charge in [-0.3, -0.25) is 9.69 Å². The fourth-order valence-electron chi connectivity index (χ4n) is 2.75. The molecule has 1 atom stereocenters. The second-order valence-electron chi connectivity index (χ2n) is 5.80. The average molecular weight is 274 g/mol. The van der Waals surface area contributed by atoms with Gasteiger partial charge in [-0.2, -0.15) is 0 Å². The molecule has 0 bridgehead atoms. The van der Waals surface area contributed by atoms with E-state index in [0.29, 0.717) is 18.5 Å². The van der Waals surface area contributed by atoms with Crippen LogP contribution in [0.15, 0.2) is 30.3 Å². The number of para-hydroxylation sites is 1. The van der Waals surface area contributed by atoms with E-state index in [1.54, 1.807) is 0 Å². The highest BCUT2D eigenvalue weighted by molar-refractivity contribution is 5.92. The Balaban J connectivity index is 1.51. The zero-order chi connectivity index (χ0) is 13.8. The van der Waals surface area contributed by atoms with Crippen molar-refractivity contribution in [2.75, 3.05) is 31.6 Å². The molecule has 2 fully saturated rings. The lowest BCUT2D eigenvalue weighted by Crippen LogP contribution is -2.38. The average Bonchev–Trinajstić information content (AvgIpc) is 3.18. The molecule has 108 valence electrons. The third kappa shape index (κ3) is 3.81. The van der Waals surface area contributed by atoms with Crippen LogP contribution >= 0.6 is 0 Å². The van der Waals surface area contributed by atoms with Crippen LogP contribution in [-0.2, 0) is 9.53 Å². The van der Waals surface area contributed by atoms with E-state index in [-0.39, 0.29) is 5.91 Å². The highest BCUT2D eigenvalue weighted by atomic mass is 16.5. The Bertz CT molecular complexity index is 439. The Morgan fingerprint density at radius 1 is 1.25 bits per heavy atom. The van der Waals surface area contributed by atoms with Crippen LogP contribution in [0.5, 0.6) is 0 Å². The van der Waals surface area contributed by atoms with Gasteiger partial charge in [0.1, 0.15) is 0 Å². The van der Waals surface area contributed by atoms with Gasteiger partial charge < -0.3 is 10.1 Å². The Morgan fingerprint density at radius 2 is 2.05 bits per heavy atom. The summed E-state index contributed by atoms with van der Waals surface area (Å²) in [4.78, 5) is 14.5. The topological polar surface area (TPSA) is 41.6 Å². The lowest BCUT2D eigenvalue weighted by atomic mass is 10.1. The smallest absolute Gasteiger partial charge is 0.238 e. The van der Waals surface area contributed by atoms with Gasteiger partial charge in [0.05, 0.1) is 13.2 Å². The number of hydrogen-bond donors (Lipinski definition) is 1. The van der Waals surface area contributed by atoms with E-state index in [9.17, 15) is 4.79 Å². The van der Waals surface area contributed by atoms with Gasteiger partial charge in [0.25, 0.3) is 0 Å². The van der Waals surface area contributed by atoms with E-state index < -0.39 is 0 Å². The van der Waals surface area contributed by atoms with Crippen molar-refractivity contribution in [2.24, 2.45) is 5.92 Å². The first kappa shape index (κ1) is 13.6. The molecule has 1 saturated carbocycles. The predicted octanol–water partition coefficient (Wildman–Crippen LogP) is 2.13. The maximum absolute atomic E-state index is 12.1. The molecule has 4 nitrogen and oxygen atoms in total. The summed E-state index contributed by atoms with van der Waals surface area (Å²) in [5.41, 5.74) is 0.873. The second kappa shape index (κ2) is 6.37. The summed E-state index contributed by atoms with van der Waals surface area (Å²) < 4.78 is 5.43. The highest BCUT2D eigenvalue weighted by Crippen LogP contribution is 2.28. The maximum Gasteiger partial charge on any atom is 0.238 e. The minimum atomic E-state index is 0.0852. The van der Waals surface area contributed by atoms with Crippen molar-refractivity contribution in [3.8, 4) is 0 Å². The van der Waals surface area contributed by atoms with Crippen molar-refractivity contribution in [1.29, 1.82) is 0 Å². The number of nitrogens with zero attached hydrogens (tertiary/aromatic N) is 1. The Hall–Kier alpha value is -1.39. The van der Waals surface area contributed by atoms with E-state index >= 15 is 0 Å². The van der Waals surface area contributed by atoms with Gasteiger partial charge in [-0.05, 0) is 37.3 Å². The molecule has 1 heterocycles. The molecular formula is C16H22N2O2. The quantitative estimate of drug-likeness (QED) is 0.864. The third-order valence-corrected chi connectivity index (χ3v) is 3.98. The van der Waals surface area contributed by atoms with Crippen LogP contribution in [0.2, 0.25) is 0 Å². The maximum atomic E-state index is 12.1. The molecule has 1 aliphatic carbocycles. The van der Waals surface area contributed by atoms with E-state index in [4.69, 9.17) is 4.74 Å². The molecule has 0 aromatic heterocycles. The van der Waals surface area contributed by atoms with E-state index in [0.717, 1.165) is 31.9 Å². The summed E-state index contributed by atoms with van der Waals surface area (Å²) in [6, 6.07) is 10.3. The Labute approximate surface area is 120 Å². The van der Waals surface area contributed by atoms with E-state index in [1.807, 2.05) is 30.3 Å². The molecular weight excluding hydrogens is 252 g/mol. The van der Waals surface area contributed by atoms with Gasteiger partial charge in [-0.1, -0.05) is 18.2 Å². The molecule has 20 heavy (non-hydrogen) atoms. The minimum absolute atomic E-state index is 0.0852. The van der Waals surface area contributed by atoms with Crippen molar-refractivity contribution >= 4 is 11.6 Å².